The van der Waals surface area contributed by atoms with Gasteiger partial charge in [-0.15, -0.1) is 0 Å². The topological polar surface area (TPSA) is 58.4 Å². The molecule has 0 aliphatic carbocycles. The molecule has 2 aromatic rings. The second-order valence-electron chi connectivity index (χ2n) is 5.36. The molecule has 1 unspecified atom stereocenters. The monoisotopic (exact) mass is 285 g/mol. The SMILES string of the molecule is Cc1nc(-c2ccco2)ccc1C(=O)N1CCNCC1C. The molecule has 1 fully saturated rings. The first-order chi connectivity index (χ1) is 10.2. The number of aryl methyl sites for hydroxylation is 1. The second-order valence-corrected chi connectivity index (χ2v) is 5.36. The molecule has 1 aliphatic rings. The lowest BCUT2D eigenvalue weighted by Gasteiger charge is -2.34. The third kappa shape index (κ3) is 2.69. The number of rotatable bonds is 2. The van der Waals surface area contributed by atoms with E-state index in [-0.39, 0.29) is 11.9 Å². The van der Waals surface area contributed by atoms with Crippen LogP contribution in [0.1, 0.15) is 23.0 Å². The van der Waals surface area contributed by atoms with Gasteiger partial charge >= 0.3 is 0 Å². The van der Waals surface area contributed by atoms with Crippen molar-refractivity contribution in [1.29, 1.82) is 0 Å². The minimum Gasteiger partial charge on any atom is -0.463 e. The van der Waals surface area contributed by atoms with E-state index in [4.69, 9.17) is 4.42 Å². The number of furan rings is 1. The molecule has 1 aliphatic heterocycles. The van der Waals surface area contributed by atoms with Crippen molar-refractivity contribution in [3.63, 3.8) is 0 Å². The number of hydrogen-bond donors (Lipinski definition) is 1. The summed E-state index contributed by atoms with van der Waals surface area (Å²) in [5.41, 5.74) is 2.15. The number of pyridine rings is 1. The van der Waals surface area contributed by atoms with Crippen molar-refractivity contribution in [2.45, 2.75) is 19.9 Å². The third-order valence-electron chi connectivity index (χ3n) is 3.85. The summed E-state index contributed by atoms with van der Waals surface area (Å²) in [4.78, 5) is 19.1. The molecular weight excluding hydrogens is 266 g/mol. The van der Waals surface area contributed by atoms with Crippen LogP contribution in [0.25, 0.3) is 11.5 Å². The van der Waals surface area contributed by atoms with Gasteiger partial charge in [0.1, 0.15) is 5.69 Å². The molecule has 2 aromatic heterocycles. The van der Waals surface area contributed by atoms with E-state index in [1.807, 2.05) is 36.1 Å². The highest BCUT2D eigenvalue weighted by Gasteiger charge is 2.25. The van der Waals surface area contributed by atoms with Gasteiger partial charge in [0.25, 0.3) is 5.91 Å². The average molecular weight is 285 g/mol. The number of piperazine rings is 1. The largest absolute Gasteiger partial charge is 0.463 e. The summed E-state index contributed by atoms with van der Waals surface area (Å²) in [7, 11) is 0. The molecule has 0 spiro atoms. The molecular formula is C16H19N3O2. The molecule has 0 bridgehead atoms. The van der Waals surface area contributed by atoms with Crippen LogP contribution in [0.3, 0.4) is 0 Å². The zero-order valence-electron chi connectivity index (χ0n) is 12.3. The van der Waals surface area contributed by atoms with Gasteiger partial charge in [-0.2, -0.15) is 0 Å². The van der Waals surface area contributed by atoms with Gasteiger partial charge in [0.15, 0.2) is 5.76 Å². The fourth-order valence-electron chi connectivity index (χ4n) is 2.65. The molecule has 3 heterocycles. The highest BCUT2D eigenvalue weighted by molar-refractivity contribution is 5.95. The lowest BCUT2D eigenvalue weighted by molar-refractivity contribution is 0.0654. The van der Waals surface area contributed by atoms with Crippen LogP contribution in [0.4, 0.5) is 0 Å². The minimum absolute atomic E-state index is 0.0556. The molecule has 1 amide bonds. The minimum atomic E-state index is 0.0556. The van der Waals surface area contributed by atoms with Gasteiger partial charge < -0.3 is 14.6 Å². The Morgan fingerprint density at radius 2 is 2.29 bits per heavy atom. The Hall–Kier alpha value is -2.14. The van der Waals surface area contributed by atoms with E-state index in [1.165, 1.54) is 0 Å². The van der Waals surface area contributed by atoms with E-state index in [9.17, 15) is 4.79 Å². The van der Waals surface area contributed by atoms with Crippen LogP contribution in [0, 0.1) is 6.92 Å². The fourth-order valence-corrected chi connectivity index (χ4v) is 2.65. The van der Waals surface area contributed by atoms with Crippen molar-refractivity contribution in [3.05, 3.63) is 41.8 Å². The third-order valence-corrected chi connectivity index (χ3v) is 3.85. The molecule has 0 radical (unpaired) electrons. The number of carbonyl (C=O) groups excluding carboxylic acids is 1. The van der Waals surface area contributed by atoms with Gasteiger partial charge in [0, 0.05) is 25.7 Å². The molecule has 1 N–H and O–H groups in total. The number of aromatic nitrogens is 1. The van der Waals surface area contributed by atoms with E-state index in [0.717, 1.165) is 31.0 Å². The van der Waals surface area contributed by atoms with Gasteiger partial charge in [-0.1, -0.05) is 0 Å². The Kier molecular flexibility index (Phi) is 3.75. The summed E-state index contributed by atoms with van der Waals surface area (Å²) in [6.07, 6.45) is 1.62. The van der Waals surface area contributed by atoms with Crippen LogP contribution >= 0.6 is 0 Å². The number of nitrogens with one attached hydrogen (secondary N) is 1. The first-order valence-electron chi connectivity index (χ1n) is 7.20. The highest BCUT2D eigenvalue weighted by Crippen LogP contribution is 2.20. The molecule has 1 saturated heterocycles. The molecule has 0 aromatic carbocycles. The van der Waals surface area contributed by atoms with Gasteiger partial charge in [0.2, 0.25) is 0 Å². The van der Waals surface area contributed by atoms with Crippen molar-refractivity contribution in [2.75, 3.05) is 19.6 Å². The van der Waals surface area contributed by atoms with Crippen molar-refractivity contribution in [1.82, 2.24) is 15.2 Å². The number of hydrogen-bond acceptors (Lipinski definition) is 4. The summed E-state index contributed by atoms with van der Waals surface area (Å²) in [5.74, 6) is 0.771. The molecule has 5 heteroatoms. The molecule has 3 rings (SSSR count). The summed E-state index contributed by atoms with van der Waals surface area (Å²) in [5, 5.41) is 3.29. The number of nitrogens with zero attached hydrogens (tertiary/aromatic N) is 2. The Morgan fingerprint density at radius 3 is 2.95 bits per heavy atom. The van der Waals surface area contributed by atoms with Crippen LogP contribution in [0.5, 0.6) is 0 Å². The van der Waals surface area contributed by atoms with Crippen molar-refractivity contribution in [2.24, 2.45) is 0 Å². The predicted octanol–water partition coefficient (Wildman–Crippen LogP) is 2.08. The molecule has 21 heavy (non-hydrogen) atoms. The molecule has 5 nitrogen and oxygen atoms in total. The lowest BCUT2D eigenvalue weighted by Crippen LogP contribution is -2.52. The Labute approximate surface area is 124 Å². The maximum atomic E-state index is 12.7. The summed E-state index contributed by atoms with van der Waals surface area (Å²) >= 11 is 0. The van der Waals surface area contributed by atoms with Crippen LogP contribution in [-0.2, 0) is 0 Å². The maximum absolute atomic E-state index is 12.7. The normalized spacial score (nSPS) is 18.8. The van der Waals surface area contributed by atoms with Crippen LogP contribution in [-0.4, -0.2) is 41.5 Å². The quantitative estimate of drug-likeness (QED) is 0.918. The summed E-state index contributed by atoms with van der Waals surface area (Å²) in [6, 6.07) is 7.58. The Balaban J connectivity index is 1.87. The van der Waals surface area contributed by atoms with Crippen molar-refractivity contribution >= 4 is 5.91 Å². The van der Waals surface area contributed by atoms with Gasteiger partial charge in [-0.05, 0) is 38.1 Å². The van der Waals surface area contributed by atoms with E-state index in [2.05, 4.69) is 17.2 Å². The maximum Gasteiger partial charge on any atom is 0.256 e. The van der Waals surface area contributed by atoms with Crippen LogP contribution < -0.4 is 5.32 Å². The number of carbonyl (C=O) groups is 1. The average Bonchev–Trinajstić information content (AvgIpc) is 3.01. The Morgan fingerprint density at radius 1 is 1.43 bits per heavy atom. The van der Waals surface area contributed by atoms with Crippen LogP contribution in [0.2, 0.25) is 0 Å². The van der Waals surface area contributed by atoms with Crippen LogP contribution in [0.15, 0.2) is 34.9 Å². The zero-order valence-corrected chi connectivity index (χ0v) is 12.3. The fraction of sp³-hybridized carbons (Fsp3) is 0.375. The van der Waals surface area contributed by atoms with Gasteiger partial charge in [-0.3, -0.25) is 4.79 Å². The highest BCUT2D eigenvalue weighted by atomic mass is 16.3. The first-order valence-corrected chi connectivity index (χ1v) is 7.20. The van der Waals surface area contributed by atoms with E-state index in [0.29, 0.717) is 11.3 Å². The lowest BCUT2D eigenvalue weighted by atomic mass is 10.1. The van der Waals surface area contributed by atoms with E-state index in [1.54, 1.807) is 6.26 Å². The summed E-state index contributed by atoms with van der Waals surface area (Å²) < 4.78 is 5.34. The second kappa shape index (κ2) is 5.69. The first kappa shape index (κ1) is 13.8. The standard InChI is InChI=1S/C16H19N3O2/c1-11-10-17-7-8-19(11)16(20)13-5-6-14(18-12(13)2)15-4-3-9-21-15/h3-6,9,11,17H,7-8,10H2,1-2H3. The molecule has 0 saturated carbocycles. The van der Waals surface area contributed by atoms with E-state index < -0.39 is 0 Å². The zero-order chi connectivity index (χ0) is 14.8. The van der Waals surface area contributed by atoms with Gasteiger partial charge in [-0.25, -0.2) is 4.98 Å². The summed E-state index contributed by atoms with van der Waals surface area (Å²) in [6.45, 7) is 6.34. The van der Waals surface area contributed by atoms with Crippen molar-refractivity contribution < 1.29 is 9.21 Å². The van der Waals surface area contributed by atoms with Gasteiger partial charge in [0.05, 0.1) is 17.5 Å². The molecule has 1 atom stereocenters. The Bertz CT molecular complexity index is 637. The van der Waals surface area contributed by atoms with Crippen molar-refractivity contribution in [3.8, 4) is 11.5 Å². The van der Waals surface area contributed by atoms with E-state index >= 15 is 0 Å². The predicted molar refractivity (Wildman–Crippen MR) is 80.0 cm³/mol. The number of amides is 1. The molecule has 110 valence electrons. The smallest absolute Gasteiger partial charge is 0.256 e.